The van der Waals surface area contributed by atoms with Crippen LogP contribution in [0.5, 0.6) is 5.75 Å². The molecular formula is C23H23NO5. The van der Waals surface area contributed by atoms with Crippen LogP contribution >= 0.6 is 0 Å². The lowest BCUT2D eigenvalue weighted by Gasteiger charge is -2.17. The lowest BCUT2D eigenvalue weighted by atomic mass is 10.0. The molecule has 0 aliphatic carbocycles. The Bertz CT molecular complexity index is 1100. The van der Waals surface area contributed by atoms with Gasteiger partial charge in [-0.2, -0.15) is 0 Å². The number of aryl methyl sites for hydroxylation is 2. The van der Waals surface area contributed by atoms with Crippen LogP contribution in [0.1, 0.15) is 23.6 Å². The van der Waals surface area contributed by atoms with Crippen molar-refractivity contribution in [3.8, 4) is 5.75 Å². The van der Waals surface area contributed by atoms with Crippen LogP contribution < -0.4 is 15.7 Å². The van der Waals surface area contributed by atoms with Crippen LogP contribution in [0.3, 0.4) is 0 Å². The minimum Gasteiger partial charge on any atom is -0.483 e. The van der Waals surface area contributed by atoms with Gasteiger partial charge >= 0.3 is 5.63 Å². The molecule has 0 spiro atoms. The molecule has 150 valence electrons. The highest BCUT2D eigenvalue weighted by atomic mass is 16.5. The first kappa shape index (κ1) is 20.3. The van der Waals surface area contributed by atoms with Gasteiger partial charge in [0.05, 0.1) is 6.04 Å². The molecule has 2 aromatic carbocycles. The second kappa shape index (κ2) is 8.73. The molecule has 0 aliphatic rings. The smallest absolute Gasteiger partial charge is 0.336 e. The summed E-state index contributed by atoms with van der Waals surface area (Å²) in [4.78, 5) is 35.9. The van der Waals surface area contributed by atoms with Gasteiger partial charge in [0, 0.05) is 17.0 Å². The Balaban J connectivity index is 1.69. The number of ether oxygens (including phenoxy) is 1. The third-order valence-electron chi connectivity index (χ3n) is 4.79. The summed E-state index contributed by atoms with van der Waals surface area (Å²) in [5, 5.41) is 3.54. The molecule has 6 nitrogen and oxygen atoms in total. The molecule has 1 amide bonds. The van der Waals surface area contributed by atoms with Gasteiger partial charge in [-0.15, -0.1) is 0 Å². The fourth-order valence-electron chi connectivity index (χ4n) is 3.18. The third kappa shape index (κ3) is 4.90. The van der Waals surface area contributed by atoms with E-state index in [4.69, 9.17) is 9.15 Å². The van der Waals surface area contributed by atoms with Gasteiger partial charge in [-0.3, -0.25) is 9.59 Å². The van der Waals surface area contributed by atoms with Gasteiger partial charge in [0.15, 0.2) is 12.4 Å². The van der Waals surface area contributed by atoms with Gasteiger partial charge in [-0.05, 0) is 50.5 Å². The largest absolute Gasteiger partial charge is 0.483 e. The first-order valence-corrected chi connectivity index (χ1v) is 9.35. The summed E-state index contributed by atoms with van der Waals surface area (Å²) >= 11 is 0. The first-order chi connectivity index (χ1) is 13.8. The number of carbonyl (C=O) groups excluding carboxylic acids is 2. The van der Waals surface area contributed by atoms with Crippen LogP contribution in [0.15, 0.2) is 57.7 Å². The van der Waals surface area contributed by atoms with Crippen molar-refractivity contribution in [1.82, 2.24) is 5.32 Å². The van der Waals surface area contributed by atoms with E-state index in [1.807, 2.05) is 37.3 Å². The van der Waals surface area contributed by atoms with Crippen LogP contribution in [0.4, 0.5) is 0 Å². The SMILES string of the molecule is CC(=O)[C@H](Cc1ccccc1)NC(=O)COc1ccc2c(C)cc(=O)oc2c1C. The Morgan fingerprint density at radius 2 is 1.83 bits per heavy atom. The maximum atomic E-state index is 12.3. The molecule has 0 unspecified atom stereocenters. The molecule has 0 saturated heterocycles. The van der Waals surface area contributed by atoms with Crippen LogP contribution in [0, 0.1) is 13.8 Å². The van der Waals surface area contributed by atoms with E-state index >= 15 is 0 Å². The number of benzene rings is 2. The Morgan fingerprint density at radius 1 is 1.10 bits per heavy atom. The van der Waals surface area contributed by atoms with Crippen molar-refractivity contribution >= 4 is 22.7 Å². The van der Waals surface area contributed by atoms with Gasteiger partial charge in [-0.1, -0.05) is 30.3 Å². The summed E-state index contributed by atoms with van der Waals surface area (Å²) in [5.41, 5.74) is 2.43. The fraction of sp³-hybridized carbons (Fsp3) is 0.261. The first-order valence-electron chi connectivity index (χ1n) is 9.35. The number of amides is 1. The van der Waals surface area contributed by atoms with Crippen molar-refractivity contribution in [3.05, 3.63) is 75.6 Å². The van der Waals surface area contributed by atoms with Crippen LogP contribution in [0.2, 0.25) is 0 Å². The van der Waals surface area contributed by atoms with Crippen molar-refractivity contribution in [3.63, 3.8) is 0 Å². The van der Waals surface area contributed by atoms with Crippen molar-refractivity contribution in [2.45, 2.75) is 33.2 Å². The highest BCUT2D eigenvalue weighted by Crippen LogP contribution is 2.28. The average molecular weight is 393 g/mol. The number of carbonyl (C=O) groups is 2. The zero-order valence-corrected chi connectivity index (χ0v) is 16.7. The fourth-order valence-corrected chi connectivity index (χ4v) is 3.18. The molecule has 1 aromatic heterocycles. The maximum Gasteiger partial charge on any atom is 0.336 e. The monoisotopic (exact) mass is 393 g/mol. The highest BCUT2D eigenvalue weighted by molar-refractivity contribution is 5.88. The quantitative estimate of drug-likeness (QED) is 0.624. The molecule has 1 N–H and O–H groups in total. The van der Waals surface area contributed by atoms with E-state index in [-0.39, 0.29) is 12.4 Å². The highest BCUT2D eigenvalue weighted by Gasteiger charge is 2.18. The van der Waals surface area contributed by atoms with E-state index in [0.29, 0.717) is 23.3 Å². The molecular weight excluding hydrogens is 370 g/mol. The minimum atomic E-state index is -0.619. The van der Waals surface area contributed by atoms with Crippen molar-refractivity contribution < 1.29 is 18.7 Å². The molecule has 6 heteroatoms. The van der Waals surface area contributed by atoms with Crippen LogP contribution in [-0.4, -0.2) is 24.3 Å². The standard InChI is InChI=1S/C23H23NO5/c1-14-11-22(27)29-23-15(2)20(10-9-18(14)23)28-13-21(26)24-19(16(3)25)12-17-7-5-4-6-8-17/h4-11,19H,12-13H2,1-3H3,(H,24,26)/t19-/m0/s1. The van der Waals surface area contributed by atoms with Crippen molar-refractivity contribution in [2.75, 3.05) is 6.61 Å². The predicted octanol–water partition coefficient (Wildman–Crippen LogP) is 3.11. The number of Topliss-reactive ketones (excluding diaryl/α,β-unsaturated/α-hetero) is 1. The molecule has 0 radical (unpaired) electrons. The average Bonchev–Trinajstić information content (AvgIpc) is 2.68. The van der Waals surface area contributed by atoms with Crippen molar-refractivity contribution in [2.24, 2.45) is 0 Å². The van der Waals surface area contributed by atoms with Gasteiger partial charge in [-0.25, -0.2) is 4.79 Å². The van der Waals surface area contributed by atoms with E-state index < -0.39 is 17.6 Å². The van der Waals surface area contributed by atoms with E-state index in [0.717, 1.165) is 16.5 Å². The maximum absolute atomic E-state index is 12.3. The van der Waals surface area contributed by atoms with Crippen LogP contribution in [0.25, 0.3) is 11.0 Å². The summed E-state index contributed by atoms with van der Waals surface area (Å²) in [5.74, 6) is -0.0727. The number of ketones is 1. The van der Waals surface area contributed by atoms with Gasteiger partial charge in [0.1, 0.15) is 11.3 Å². The molecule has 1 heterocycles. The summed E-state index contributed by atoms with van der Waals surface area (Å²) < 4.78 is 10.9. The second-order valence-electron chi connectivity index (χ2n) is 7.02. The Morgan fingerprint density at radius 3 is 2.52 bits per heavy atom. The molecule has 0 fully saturated rings. The van der Waals surface area contributed by atoms with E-state index in [9.17, 15) is 14.4 Å². The molecule has 0 saturated carbocycles. The zero-order valence-electron chi connectivity index (χ0n) is 16.7. The Labute approximate surface area is 168 Å². The van der Waals surface area contributed by atoms with Gasteiger partial charge in [0.2, 0.25) is 0 Å². The Hall–Kier alpha value is -3.41. The topological polar surface area (TPSA) is 85.6 Å². The summed E-state index contributed by atoms with van der Waals surface area (Å²) in [6.07, 6.45) is 0.418. The lowest BCUT2D eigenvalue weighted by molar-refractivity contribution is -0.128. The normalized spacial score (nSPS) is 11.8. The molecule has 29 heavy (non-hydrogen) atoms. The van der Waals surface area contributed by atoms with Crippen molar-refractivity contribution in [1.29, 1.82) is 0 Å². The summed E-state index contributed by atoms with van der Waals surface area (Å²) in [6, 6.07) is 13.8. The van der Waals surface area contributed by atoms with Crippen LogP contribution in [-0.2, 0) is 16.0 Å². The lowest BCUT2D eigenvalue weighted by Crippen LogP contribution is -2.43. The molecule has 3 rings (SSSR count). The number of fused-ring (bicyclic) bond motifs is 1. The number of nitrogens with one attached hydrogen (secondary N) is 1. The third-order valence-corrected chi connectivity index (χ3v) is 4.79. The number of hydrogen-bond donors (Lipinski definition) is 1. The molecule has 1 atom stereocenters. The summed E-state index contributed by atoms with van der Waals surface area (Å²) in [6.45, 7) is 4.81. The van der Waals surface area contributed by atoms with E-state index in [2.05, 4.69) is 5.32 Å². The predicted molar refractivity (Wildman–Crippen MR) is 110 cm³/mol. The minimum absolute atomic E-state index is 0.124. The zero-order chi connectivity index (χ0) is 21.0. The van der Waals surface area contributed by atoms with E-state index in [1.165, 1.54) is 13.0 Å². The second-order valence-corrected chi connectivity index (χ2v) is 7.02. The van der Waals surface area contributed by atoms with Gasteiger partial charge < -0.3 is 14.5 Å². The molecule has 0 aliphatic heterocycles. The molecule has 3 aromatic rings. The van der Waals surface area contributed by atoms with Gasteiger partial charge in [0.25, 0.3) is 5.91 Å². The molecule has 0 bridgehead atoms. The Kier molecular flexibility index (Phi) is 6.12. The summed E-state index contributed by atoms with van der Waals surface area (Å²) in [7, 11) is 0. The number of rotatable bonds is 7. The number of hydrogen-bond acceptors (Lipinski definition) is 5. The van der Waals surface area contributed by atoms with E-state index in [1.54, 1.807) is 19.1 Å².